The fourth-order valence-electron chi connectivity index (χ4n) is 4.65. The number of quaternary nitrogens is 1. The summed E-state index contributed by atoms with van der Waals surface area (Å²) >= 11 is 0. The molecule has 1 atom stereocenters. The van der Waals surface area contributed by atoms with Crippen LogP contribution in [-0.4, -0.2) is 49.0 Å². The summed E-state index contributed by atoms with van der Waals surface area (Å²) in [6, 6.07) is 16.6. The number of ether oxygens (including phenoxy) is 2. The quantitative estimate of drug-likeness (QED) is 0.591. The molecule has 2 aromatic rings. The van der Waals surface area contributed by atoms with Crippen LogP contribution in [0.15, 0.2) is 48.5 Å². The molecule has 0 bridgehead atoms. The highest BCUT2D eigenvalue weighted by molar-refractivity contribution is 5.44. The summed E-state index contributed by atoms with van der Waals surface area (Å²) in [5.74, 6) is 2.42. The van der Waals surface area contributed by atoms with Gasteiger partial charge < -0.3 is 19.1 Å². The molecule has 0 spiro atoms. The van der Waals surface area contributed by atoms with Crippen molar-refractivity contribution in [3.05, 3.63) is 59.7 Å². The molecule has 4 nitrogen and oxygen atoms in total. The second kappa shape index (κ2) is 10.1. The first-order chi connectivity index (χ1) is 14.7. The predicted molar refractivity (Wildman–Crippen MR) is 127 cm³/mol. The molecular weight excluding hydrogens is 386 g/mol. The van der Waals surface area contributed by atoms with Gasteiger partial charge in [-0.25, -0.2) is 0 Å². The van der Waals surface area contributed by atoms with Crippen molar-refractivity contribution in [2.24, 2.45) is 5.92 Å². The molecule has 1 unspecified atom stereocenters. The third-order valence-electron chi connectivity index (χ3n) is 6.58. The lowest BCUT2D eigenvalue weighted by molar-refractivity contribution is -0.948. The Kier molecular flexibility index (Phi) is 7.66. The van der Waals surface area contributed by atoms with Gasteiger partial charge in [0.15, 0.2) is 0 Å². The molecule has 170 valence electrons. The van der Waals surface area contributed by atoms with Crippen molar-refractivity contribution in [2.75, 3.05) is 33.4 Å². The molecule has 1 N–H and O–H groups in total. The molecule has 0 aromatic heterocycles. The van der Waals surface area contributed by atoms with Crippen LogP contribution >= 0.6 is 0 Å². The summed E-state index contributed by atoms with van der Waals surface area (Å²) in [6.07, 6.45) is 1.92. The molecule has 0 amide bonds. The van der Waals surface area contributed by atoms with Crippen molar-refractivity contribution in [3.8, 4) is 11.5 Å². The number of likely N-dealkylation sites (tertiary alicyclic amines) is 1. The van der Waals surface area contributed by atoms with Gasteiger partial charge in [-0.2, -0.15) is 0 Å². The van der Waals surface area contributed by atoms with Crippen LogP contribution in [0.2, 0.25) is 0 Å². The van der Waals surface area contributed by atoms with E-state index in [-0.39, 0.29) is 5.41 Å². The van der Waals surface area contributed by atoms with E-state index in [2.05, 4.69) is 58.0 Å². The second-order valence-electron chi connectivity index (χ2n) is 10.4. The van der Waals surface area contributed by atoms with E-state index in [0.29, 0.717) is 6.61 Å². The Balaban J connectivity index is 1.70. The maximum atomic E-state index is 11.0. The van der Waals surface area contributed by atoms with Crippen molar-refractivity contribution in [1.29, 1.82) is 0 Å². The van der Waals surface area contributed by atoms with Gasteiger partial charge in [-0.1, -0.05) is 58.0 Å². The van der Waals surface area contributed by atoms with Gasteiger partial charge in [0.2, 0.25) is 0 Å². The van der Waals surface area contributed by atoms with Crippen LogP contribution in [0.25, 0.3) is 0 Å². The summed E-state index contributed by atoms with van der Waals surface area (Å²) < 4.78 is 12.5. The van der Waals surface area contributed by atoms with E-state index in [9.17, 15) is 5.11 Å². The van der Waals surface area contributed by atoms with Crippen LogP contribution in [0.1, 0.15) is 51.7 Å². The van der Waals surface area contributed by atoms with E-state index in [4.69, 9.17) is 9.47 Å². The zero-order valence-corrected chi connectivity index (χ0v) is 19.9. The smallest absolute Gasteiger partial charge is 0.137 e. The van der Waals surface area contributed by atoms with Crippen LogP contribution in [0.5, 0.6) is 11.5 Å². The van der Waals surface area contributed by atoms with E-state index in [1.54, 1.807) is 7.11 Å². The van der Waals surface area contributed by atoms with Crippen LogP contribution in [-0.2, 0) is 12.0 Å². The Labute approximate surface area is 188 Å². The Hall–Kier alpha value is -2.04. The molecular formula is C27H40NO3+. The SMILES string of the molecule is COc1ccc(OCC(O)C[N+]2(Cc3ccccc3)CCC(C)CC2)c(C(C)(C)C)c1. The van der Waals surface area contributed by atoms with Crippen LogP contribution in [0, 0.1) is 5.92 Å². The van der Waals surface area contributed by atoms with Gasteiger partial charge in [-0.3, -0.25) is 0 Å². The lowest BCUT2D eigenvalue weighted by atomic mass is 9.86. The van der Waals surface area contributed by atoms with E-state index in [1.807, 2.05) is 18.2 Å². The summed E-state index contributed by atoms with van der Waals surface area (Å²) in [5, 5.41) is 11.0. The molecule has 1 fully saturated rings. The number of rotatable bonds is 8. The van der Waals surface area contributed by atoms with E-state index in [1.165, 1.54) is 18.4 Å². The minimum Gasteiger partial charge on any atom is -0.497 e. The molecule has 2 aromatic carbocycles. The van der Waals surface area contributed by atoms with E-state index in [0.717, 1.165) is 53.6 Å². The zero-order valence-electron chi connectivity index (χ0n) is 19.9. The monoisotopic (exact) mass is 426 g/mol. The van der Waals surface area contributed by atoms with E-state index >= 15 is 0 Å². The maximum Gasteiger partial charge on any atom is 0.137 e. The Morgan fingerprint density at radius 3 is 2.35 bits per heavy atom. The molecule has 0 saturated carbocycles. The first kappa shape index (κ1) is 23.6. The minimum absolute atomic E-state index is 0.0705. The van der Waals surface area contributed by atoms with Crippen LogP contribution in [0.4, 0.5) is 0 Å². The minimum atomic E-state index is -0.507. The van der Waals surface area contributed by atoms with Crippen LogP contribution in [0.3, 0.4) is 0 Å². The van der Waals surface area contributed by atoms with Crippen molar-refractivity contribution < 1.29 is 19.1 Å². The molecule has 0 radical (unpaired) electrons. The lowest BCUT2D eigenvalue weighted by Gasteiger charge is -2.44. The third-order valence-corrected chi connectivity index (χ3v) is 6.58. The molecule has 4 heteroatoms. The van der Waals surface area contributed by atoms with Gasteiger partial charge in [0, 0.05) is 11.1 Å². The number of hydrogen-bond acceptors (Lipinski definition) is 3. The zero-order chi connectivity index (χ0) is 22.5. The summed E-state index contributed by atoms with van der Waals surface area (Å²) in [6.45, 7) is 13.1. The average Bonchev–Trinajstić information content (AvgIpc) is 2.74. The van der Waals surface area contributed by atoms with Crippen molar-refractivity contribution in [3.63, 3.8) is 0 Å². The number of benzene rings is 2. The topological polar surface area (TPSA) is 38.7 Å². The summed E-state index contributed by atoms with van der Waals surface area (Å²) in [5.41, 5.74) is 2.37. The number of hydrogen-bond donors (Lipinski definition) is 1. The number of aliphatic hydroxyl groups is 1. The standard InChI is InChI=1S/C27H40NO3/c1-21-13-15-28(16-14-21,18-22-9-7-6-8-10-22)19-23(29)20-31-26-12-11-24(30-5)17-25(26)27(2,3)4/h6-12,17,21,23,29H,13-16,18-20H2,1-5H3/q+1. The van der Waals surface area contributed by atoms with E-state index < -0.39 is 6.10 Å². The maximum absolute atomic E-state index is 11.0. The molecule has 1 saturated heterocycles. The summed E-state index contributed by atoms with van der Waals surface area (Å²) in [7, 11) is 1.68. The van der Waals surface area contributed by atoms with Gasteiger partial charge in [-0.05, 0) is 42.4 Å². The van der Waals surface area contributed by atoms with Gasteiger partial charge in [0.25, 0.3) is 0 Å². The number of piperidine rings is 1. The normalized spacial score (nSPS) is 22.7. The van der Waals surface area contributed by atoms with Crippen molar-refractivity contribution >= 4 is 0 Å². The lowest BCUT2D eigenvalue weighted by Crippen LogP contribution is -2.56. The van der Waals surface area contributed by atoms with Crippen molar-refractivity contribution in [1.82, 2.24) is 0 Å². The second-order valence-corrected chi connectivity index (χ2v) is 10.4. The highest BCUT2D eigenvalue weighted by Crippen LogP contribution is 2.34. The summed E-state index contributed by atoms with van der Waals surface area (Å²) in [4.78, 5) is 0. The molecule has 0 aliphatic carbocycles. The average molecular weight is 427 g/mol. The largest absolute Gasteiger partial charge is 0.497 e. The van der Waals surface area contributed by atoms with Gasteiger partial charge >= 0.3 is 0 Å². The first-order valence-electron chi connectivity index (χ1n) is 11.6. The predicted octanol–water partition coefficient (Wildman–Crippen LogP) is 5.18. The Bertz CT molecular complexity index is 820. The van der Waals surface area contributed by atoms with Gasteiger partial charge in [0.1, 0.15) is 37.3 Å². The number of aliphatic hydroxyl groups excluding tert-OH is 1. The molecule has 1 aliphatic heterocycles. The van der Waals surface area contributed by atoms with Gasteiger partial charge in [-0.15, -0.1) is 0 Å². The molecule has 31 heavy (non-hydrogen) atoms. The molecule has 1 heterocycles. The Morgan fingerprint density at radius 1 is 1.06 bits per heavy atom. The molecule has 1 aliphatic rings. The molecule has 3 rings (SSSR count). The van der Waals surface area contributed by atoms with Crippen molar-refractivity contribution in [2.45, 2.75) is 58.6 Å². The number of nitrogens with zero attached hydrogens (tertiary/aromatic N) is 1. The fourth-order valence-corrected chi connectivity index (χ4v) is 4.65. The van der Waals surface area contributed by atoms with Crippen LogP contribution < -0.4 is 9.47 Å². The number of methoxy groups -OCH3 is 1. The first-order valence-corrected chi connectivity index (χ1v) is 11.6. The highest BCUT2D eigenvalue weighted by atomic mass is 16.5. The Morgan fingerprint density at radius 2 is 1.74 bits per heavy atom. The van der Waals surface area contributed by atoms with Gasteiger partial charge in [0.05, 0.1) is 20.2 Å². The highest BCUT2D eigenvalue weighted by Gasteiger charge is 2.35. The third kappa shape index (κ3) is 6.47. The fraction of sp³-hybridized carbons (Fsp3) is 0.556.